The summed E-state index contributed by atoms with van der Waals surface area (Å²) in [4.78, 5) is 22.9. The van der Waals surface area contributed by atoms with Gasteiger partial charge in [-0.1, -0.05) is 24.3 Å². The normalized spacial score (nSPS) is 15.4. The van der Waals surface area contributed by atoms with E-state index in [9.17, 15) is 9.59 Å². The number of ether oxygens (including phenoxy) is 1. The van der Waals surface area contributed by atoms with Gasteiger partial charge in [0.2, 0.25) is 5.91 Å². The van der Waals surface area contributed by atoms with Gasteiger partial charge in [-0.05, 0) is 17.5 Å². The monoisotopic (exact) mass is 262 g/mol. The number of hydrogen-bond donors (Lipinski definition) is 1. The Morgan fingerprint density at radius 1 is 1.42 bits per heavy atom. The van der Waals surface area contributed by atoms with Gasteiger partial charge in [0.1, 0.15) is 0 Å². The third-order valence-corrected chi connectivity index (χ3v) is 3.08. The predicted octanol–water partition coefficient (Wildman–Crippen LogP) is 1.03. The SMILES string of the molecule is COC(=O)Cc1cccc(CN2NCCCC2=O)c1. The first kappa shape index (κ1) is 13.5. The maximum absolute atomic E-state index is 11.7. The summed E-state index contributed by atoms with van der Waals surface area (Å²) in [6.45, 7) is 1.35. The van der Waals surface area contributed by atoms with Gasteiger partial charge in [-0.15, -0.1) is 0 Å². The Hall–Kier alpha value is -1.88. The van der Waals surface area contributed by atoms with Crippen LogP contribution in [0, 0.1) is 0 Å². The molecule has 0 radical (unpaired) electrons. The highest BCUT2D eigenvalue weighted by Crippen LogP contribution is 2.11. The standard InChI is InChI=1S/C14H18N2O3/c1-19-14(18)9-11-4-2-5-12(8-11)10-16-13(17)6-3-7-15-16/h2,4-5,8,15H,3,6-7,9-10H2,1H3. The van der Waals surface area contributed by atoms with Crippen molar-refractivity contribution in [1.82, 2.24) is 10.4 Å². The minimum absolute atomic E-state index is 0.115. The summed E-state index contributed by atoms with van der Waals surface area (Å²) in [5.41, 5.74) is 4.98. The number of benzene rings is 1. The van der Waals surface area contributed by atoms with Gasteiger partial charge in [0.25, 0.3) is 0 Å². The molecule has 0 aromatic heterocycles. The summed E-state index contributed by atoms with van der Waals surface area (Å²) in [5.74, 6) is -0.144. The molecule has 1 aromatic rings. The molecule has 0 atom stereocenters. The van der Waals surface area contributed by atoms with Gasteiger partial charge in [-0.3, -0.25) is 14.6 Å². The fourth-order valence-corrected chi connectivity index (χ4v) is 2.08. The number of methoxy groups -OCH3 is 1. The molecule has 1 fully saturated rings. The second-order valence-electron chi connectivity index (χ2n) is 4.56. The smallest absolute Gasteiger partial charge is 0.309 e. The molecule has 1 aliphatic rings. The van der Waals surface area contributed by atoms with Crippen molar-refractivity contribution >= 4 is 11.9 Å². The minimum Gasteiger partial charge on any atom is -0.469 e. The van der Waals surface area contributed by atoms with Crippen LogP contribution in [0.1, 0.15) is 24.0 Å². The van der Waals surface area contributed by atoms with Gasteiger partial charge in [0.15, 0.2) is 0 Å². The van der Waals surface area contributed by atoms with Gasteiger partial charge in [-0.25, -0.2) is 5.43 Å². The second kappa shape index (κ2) is 6.33. The molecule has 1 aromatic carbocycles. The average molecular weight is 262 g/mol. The molecule has 1 aliphatic heterocycles. The highest BCUT2D eigenvalue weighted by molar-refractivity contribution is 5.76. The Morgan fingerprint density at radius 2 is 2.21 bits per heavy atom. The third-order valence-electron chi connectivity index (χ3n) is 3.08. The molecule has 0 bridgehead atoms. The lowest BCUT2D eigenvalue weighted by atomic mass is 10.1. The van der Waals surface area contributed by atoms with Crippen LogP contribution in [-0.4, -0.2) is 30.5 Å². The summed E-state index contributed by atoms with van der Waals surface area (Å²) >= 11 is 0. The number of hydrazine groups is 1. The first-order valence-corrected chi connectivity index (χ1v) is 6.37. The first-order chi connectivity index (χ1) is 9.19. The number of carbonyl (C=O) groups is 2. The van der Waals surface area contributed by atoms with Gasteiger partial charge in [-0.2, -0.15) is 0 Å². The zero-order valence-corrected chi connectivity index (χ0v) is 11.0. The maximum Gasteiger partial charge on any atom is 0.309 e. The molecular formula is C14H18N2O3. The van der Waals surface area contributed by atoms with Crippen LogP contribution in [0.2, 0.25) is 0 Å². The van der Waals surface area contributed by atoms with Gasteiger partial charge >= 0.3 is 5.97 Å². The molecule has 5 heteroatoms. The molecule has 0 spiro atoms. The van der Waals surface area contributed by atoms with Crippen molar-refractivity contribution in [2.45, 2.75) is 25.8 Å². The highest BCUT2D eigenvalue weighted by atomic mass is 16.5. The van der Waals surface area contributed by atoms with E-state index in [0.717, 1.165) is 24.1 Å². The van der Waals surface area contributed by atoms with Crippen molar-refractivity contribution < 1.29 is 14.3 Å². The Labute approximate surface area is 112 Å². The number of carbonyl (C=O) groups excluding carboxylic acids is 2. The Balaban J connectivity index is 2.02. The van der Waals surface area contributed by atoms with E-state index < -0.39 is 0 Å². The zero-order valence-electron chi connectivity index (χ0n) is 11.0. The van der Waals surface area contributed by atoms with E-state index in [-0.39, 0.29) is 18.3 Å². The van der Waals surface area contributed by atoms with Crippen LogP contribution in [-0.2, 0) is 27.3 Å². The van der Waals surface area contributed by atoms with Gasteiger partial charge in [0.05, 0.1) is 20.1 Å². The minimum atomic E-state index is -0.260. The molecule has 1 N–H and O–H groups in total. The Kier molecular flexibility index (Phi) is 4.52. The van der Waals surface area contributed by atoms with Crippen molar-refractivity contribution in [2.75, 3.05) is 13.7 Å². The average Bonchev–Trinajstić information content (AvgIpc) is 2.42. The Bertz CT molecular complexity index is 474. The molecule has 19 heavy (non-hydrogen) atoms. The topological polar surface area (TPSA) is 58.6 Å². The van der Waals surface area contributed by atoms with E-state index in [2.05, 4.69) is 10.2 Å². The van der Waals surface area contributed by atoms with Crippen LogP contribution in [0.25, 0.3) is 0 Å². The highest BCUT2D eigenvalue weighted by Gasteiger charge is 2.17. The predicted molar refractivity (Wildman–Crippen MR) is 69.9 cm³/mol. The number of nitrogens with zero attached hydrogens (tertiary/aromatic N) is 1. The summed E-state index contributed by atoms with van der Waals surface area (Å²) < 4.78 is 4.65. The maximum atomic E-state index is 11.7. The van der Waals surface area contributed by atoms with E-state index in [1.165, 1.54) is 7.11 Å². The summed E-state index contributed by atoms with van der Waals surface area (Å²) in [5, 5.41) is 1.64. The molecule has 2 rings (SSSR count). The van der Waals surface area contributed by atoms with Crippen molar-refractivity contribution in [3.63, 3.8) is 0 Å². The fraction of sp³-hybridized carbons (Fsp3) is 0.429. The summed E-state index contributed by atoms with van der Waals surface area (Å²) in [6.07, 6.45) is 1.73. The molecule has 102 valence electrons. The number of rotatable bonds is 4. The van der Waals surface area contributed by atoms with Crippen molar-refractivity contribution in [3.05, 3.63) is 35.4 Å². The van der Waals surface area contributed by atoms with Gasteiger partial charge < -0.3 is 4.74 Å². The van der Waals surface area contributed by atoms with E-state index >= 15 is 0 Å². The van der Waals surface area contributed by atoms with E-state index in [0.29, 0.717) is 13.0 Å². The van der Waals surface area contributed by atoms with Crippen molar-refractivity contribution in [3.8, 4) is 0 Å². The molecule has 0 aliphatic carbocycles. The quantitative estimate of drug-likeness (QED) is 0.823. The molecule has 1 saturated heterocycles. The van der Waals surface area contributed by atoms with Crippen LogP contribution >= 0.6 is 0 Å². The van der Waals surface area contributed by atoms with E-state index in [1.807, 2.05) is 24.3 Å². The molecular weight excluding hydrogens is 244 g/mol. The zero-order chi connectivity index (χ0) is 13.7. The molecule has 0 saturated carbocycles. The van der Waals surface area contributed by atoms with Crippen LogP contribution in [0.5, 0.6) is 0 Å². The van der Waals surface area contributed by atoms with Gasteiger partial charge in [0, 0.05) is 13.0 Å². The summed E-state index contributed by atoms with van der Waals surface area (Å²) in [7, 11) is 1.38. The molecule has 5 nitrogen and oxygen atoms in total. The largest absolute Gasteiger partial charge is 0.469 e. The number of hydrogen-bond acceptors (Lipinski definition) is 4. The van der Waals surface area contributed by atoms with Crippen LogP contribution < -0.4 is 5.43 Å². The van der Waals surface area contributed by atoms with Crippen LogP contribution in [0.15, 0.2) is 24.3 Å². The lowest BCUT2D eigenvalue weighted by Crippen LogP contribution is -2.46. The fourth-order valence-electron chi connectivity index (χ4n) is 2.08. The lowest BCUT2D eigenvalue weighted by molar-refractivity contribution is -0.140. The van der Waals surface area contributed by atoms with Crippen molar-refractivity contribution in [1.29, 1.82) is 0 Å². The Morgan fingerprint density at radius 3 is 2.95 bits per heavy atom. The third kappa shape index (κ3) is 3.79. The first-order valence-electron chi connectivity index (χ1n) is 6.37. The second-order valence-corrected chi connectivity index (χ2v) is 4.56. The number of esters is 1. The molecule has 0 unspecified atom stereocenters. The molecule has 1 amide bonds. The number of amides is 1. The van der Waals surface area contributed by atoms with Crippen LogP contribution in [0.3, 0.4) is 0 Å². The van der Waals surface area contributed by atoms with Crippen LogP contribution in [0.4, 0.5) is 0 Å². The summed E-state index contributed by atoms with van der Waals surface area (Å²) in [6, 6.07) is 7.65. The molecule has 1 heterocycles. The van der Waals surface area contributed by atoms with E-state index in [1.54, 1.807) is 5.01 Å². The van der Waals surface area contributed by atoms with Crippen molar-refractivity contribution in [2.24, 2.45) is 0 Å². The number of nitrogens with one attached hydrogen (secondary N) is 1. The lowest BCUT2D eigenvalue weighted by Gasteiger charge is -2.27. The van der Waals surface area contributed by atoms with E-state index in [4.69, 9.17) is 0 Å².